The third-order valence-electron chi connectivity index (χ3n) is 4.11. The van der Waals surface area contributed by atoms with E-state index in [2.05, 4.69) is 4.40 Å². The Kier molecular flexibility index (Phi) is 4.44. The number of hydrogen-bond acceptors (Lipinski definition) is 6. The van der Waals surface area contributed by atoms with Crippen molar-refractivity contribution in [3.05, 3.63) is 23.9 Å². The van der Waals surface area contributed by atoms with Gasteiger partial charge in [-0.3, -0.25) is 4.79 Å². The molecule has 8 nitrogen and oxygen atoms in total. The highest BCUT2D eigenvalue weighted by molar-refractivity contribution is 7.90. The van der Waals surface area contributed by atoms with E-state index in [1.807, 2.05) is 0 Å². The fourth-order valence-electron chi connectivity index (χ4n) is 2.80. The molecule has 1 atom stereocenters. The van der Waals surface area contributed by atoms with E-state index in [0.717, 1.165) is 12.8 Å². The van der Waals surface area contributed by atoms with Gasteiger partial charge in [-0.2, -0.15) is 0 Å². The van der Waals surface area contributed by atoms with Crippen molar-refractivity contribution >= 4 is 27.7 Å². The monoisotopic (exact) mass is 353 g/mol. The van der Waals surface area contributed by atoms with Gasteiger partial charge in [0.05, 0.1) is 11.3 Å². The minimum Gasteiger partial charge on any atom is -0.449 e. The van der Waals surface area contributed by atoms with Crippen LogP contribution < -0.4 is 0 Å². The molecule has 0 aromatic carbocycles. The Labute approximate surface area is 140 Å². The maximum atomic E-state index is 12.2. The van der Waals surface area contributed by atoms with Crippen LogP contribution in [0.15, 0.2) is 28.3 Å². The van der Waals surface area contributed by atoms with Crippen LogP contribution >= 0.6 is 0 Å². The zero-order valence-electron chi connectivity index (χ0n) is 13.3. The highest BCUT2D eigenvalue weighted by Gasteiger charge is 2.29. The number of carbonyl (C=O) groups excluding carboxylic acids is 2. The molecule has 0 N–H and O–H groups in total. The number of fused-ring (bicyclic) bond motifs is 1. The average Bonchev–Trinajstić information content (AvgIpc) is 3.07. The molecule has 9 heteroatoms. The molecule has 0 aromatic rings. The molecule has 1 saturated heterocycles. The fraction of sp³-hybridized carbons (Fsp3) is 0.533. The van der Waals surface area contributed by atoms with E-state index in [1.165, 1.54) is 18.4 Å². The second-order valence-electron chi connectivity index (χ2n) is 5.93. The molecule has 24 heavy (non-hydrogen) atoms. The summed E-state index contributed by atoms with van der Waals surface area (Å²) in [6, 6.07) is 0. The highest BCUT2D eigenvalue weighted by Crippen LogP contribution is 2.18. The van der Waals surface area contributed by atoms with E-state index in [4.69, 9.17) is 4.74 Å². The van der Waals surface area contributed by atoms with Crippen molar-refractivity contribution in [3.8, 4) is 0 Å². The Morgan fingerprint density at radius 1 is 1.21 bits per heavy atom. The van der Waals surface area contributed by atoms with Crippen LogP contribution in [0.1, 0.15) is 19.8 Å². The summed E-state index contributed by atoms with van der Waals surface area (Å²) in [7, 11) is -3.43. The van der Waals surface area contributed by atoms with Crippen molar-refractivity contribution in [3.63, 3.8) is 0 Å². The summed E-state index contributed by atoms with van der Waals surface area (Å²) in [6.45, 7) is 3.19. The van der Waals surface area contributed by atoms with Crippen LogP contribution in [0.25, 0.3) is 0 Å². The predicted molar refractivity (Wildman–Crippen MR) is 86.5 cm³/mol. The summed E-state index contributed by atoms with van der Waals surface area (Å²) >= 11 is 0. The summed E-state index contributed by atoms with van der Waals surface area (Å²) < 4.78 is 31.8. The first kappa shape index (κ1) is 16.7. The molecule has 0 radical (unpaired) electrons. The Balaban J connectivity index is 1.65. The quantitative estimate of drug-likeness (QED) is 0.665. The maximum Gasteiger partial charge on any atom is 0.340 e. The van der Waals surface area contributed by atoms with Gasteiger partial charge in [-0.15, -0.1) is 4.40 Å². The molecule has 3 aliphatic rings. The van der Waals surface area contributed by atoms with Crippen LogP contribution in [0.5, 0.6) is 0 Å². The van der Waals surface area contributed by atoms with Gasteiger partial charge in [-0.05, 0) is 31.9 Å². The first-order valence-corrected chi connectivity index (χ1v) is 9.45. The maximum absolute atomic E-state index is 12.2. The molecule has 1 amide bonds. The van der Waals surface area contributed by atoms with Crippen molar-refractivity contribution in [2.24, 2.45) is 4.40 Å². The SMILES string of the molecule is CC(OC(=O)C1=CN2CCS(=O)(=O)N=C2C=C1)C(=O)N1CCCC1. The van der Waals surface area contributed by atoms with Gasteiger partial charge < -0.3 is 14.5 Å². The highest BCUT2D eigenvalue weighted by atomic mass is 32.2. The Bertz CT molecular complexity index is 747. The van der Waals surface area contributed by atoms with Crippen LogP contribution in [0.3, 0.4) is 0 Å². The number of esters is 1. The van der Waals surface area contributed by atoms with Crippen LogP contribution in [0.4, 0.5) is 0 Å². The molecule has 3 rings (SSSR count). The largest absolute Gasteiger partial charge is 0.449 e. The Morgan fingerprint density at radius 3 is 2.62 bits per heavy atom. The Hall–Kier alpha value is -2.16. The predicted octanol–water partition coefficient (Wildman–Crippen LogP) is 0.0381. The minimum absolute atomic E-state index is 0.104. The van der Waals surface area contributed by atoms with Gasteiger partial charge in [-0.1, -0.05) is 0 Å². The molecule has 1 unspecified atom stereocenters. The van der Waals surface area contributed by atoms with Crippen molar-refractivity contribution in [2.75, 3.05) is 25.4 Å². The summed E-state index contributed by atoms with van der Waals surface area (Å²) in [5.41, 5.74) is 0.259. The number of amidine groups is 1. The summed E-state index contributed by atoms with van der Waals surface area (Å²) in [4.78, 5) is 27.7. The lowest BCUT2D eigenvalue weighted by molar-refractivity contribution is -0.155. The van der Waals surface area contributed by atoms with Gasteiger partial charge in [0, 0.05) is 25.8 Å². The number of sulfonamides is 1. The second kappa shape index (κ2) is 6.39. The Morgan fingerprint density at radius 2 is 1.92 bits per heavy atom. The average molecular weight is 353 g/mol. The topological polar surface area (TPSA) is 96.3 Å². The van der Waals surface area contributed by atoms with E-state index >= 15 is 0 Å². The molecule has 0 aromatic heterocycles. The van der Waals surface area contributed by atoms with Gasteiger partial charge in [0.15, 0.2) is 6.10 Å². The standard InChI is InChI=1S/C15H19N3O5S/c1-11(14(19)17-6-2-3-7-17)23-15(20)12-4-5-13-16-24(21,22)9-8-18(13)10-12/h4-5,10-11H,2-3,6-9H2,1H3. The summed E-state index contributed by atoms with van der Waals surface area (Å²) in [6.07, 6.45) is 5.51. The van der Waals surface area contributed by atoms with Crippen molar-refractivity contribution < 1.29 is 22.7 Å². The second-order valence-corrected chi connectivity index (χ2v) is 7.68. The summed E-state index contributed by atoms with van der Waals surface area (Å²) in [5.74, 6) is -0.627. The lowest BCUT2D eigenvalue weighted by Crippen LogP contribution is -2.39. The first-order chi connectivity index (χ1) is 11.4. The molecule has 0 spiro atoms. The molecule has 0 aliphatic carbocycles. The number of likely N-dealkylation sites (tertiary alicyclic amines) is 1. The molecule has 3 heterocycles. The molecule has 130 valence electrons. The zero-order chi connectivity index (χ0) is 17.3. The van der Waals surface area contributed by atoms with Gasteiger partial charge in [0.25, 0.3) is 15.9 Å². The van der Waals surface area contributed by atoms with Gasteiger partial charge in [-0.25, -0.2) is 13.2 Å². The number of nitrogens with zero attached hydrogens (tertiary/aromatic N) is 3. The molecular weight excluding hydrogens is 334 g/mol. The molecular formula is C15H19N3O5S. The van der Waals surface area contributed by atoms with Crippen molar-refractivity contribution in [1.82, 2.24) is 9.80 Å². The lowest BCUT2D eigenvalue weighted by Gasteiger charge is -2.27. The minimum atomic E-state index is -3.43. The first-order valence-electron chi connectivity index (χ1n) is 7.85. The van der Waals surface area contributed by atoms with Gasteiger partial charge in [0.1, 0.15) is 5.84 Å². The molecule has 0 saturated carbocycles. The number of carbonyl (C=O) groups is 2. The number of rotatable bonds is 3. The van der Waals surface area contributed by atoms with Crippen LogP contribution in [-0.4, -0.2) is 67.4 Å². The third kappa shape index (κ3) is 3.50. The van der Waals surface area contributed by atoms with Gasteiger partial charge in [0.2, 0.25) is 0 Å². The fourth-order valence-corrected chi connectivity index (χ4v) is 3.76. The van der Waals surface area contributed by atoms with Crippen LogP contribution in [0, 0.1) is 0 Å². The van der Waals surface area contributed by atoms with Crippen LogP contribution in [-0.2, 0) is 24.3 Å². The van der Waals surface area contributed by atoms with E-state index in [0.29, 0.717) is 13.1 Å². The third-order valence-corrected chi connectivity index (χ3v) is 5.27. The van der Waals surface area contributed by atoms with Crippen molar-refractivity contribution in [1.29, 1.82) is 0 Å². The smallest absolute Gasteiger partial charge is 0.340 e. The van der Waals surface area contributed by atoms with E-state index in [1.54, 1.807) is 16.7 Å². The number of hydrogen-bond donors (Lipinski definition) is 0. The van der Waals surface area contributed by atoms with Crippen LogP contribution in [0.2, 0.25) is 0 Å². The zero-order valence-corrected chi connectivity index (χ0v) is 14.2. The molecule has 0 bridgehead atoms. The van der Waals surface area contributed by atoms with Crippen molar-refractivity contribution in [2.45, 2.75) is 25.9 Å². The number of amides is 1. The lowest BCUT2D eigenvalue weighted by atomic mass is 10.2. The number of ether oxygens (including phenoxy) is 1. The van der Waals surface area contributed by atoms with E-state index in [-0.39, 0.29) is 29.6 Å². The van der Waals surface area contributed by atoms with E-state index in [9.17, 15) is 18.0 Å². The normalized spacial score (nSPS) is 23.2. The molecule has 1 fully saturated rings. The molecule has 3 aliphatic heterocycles. The summed E-state index contributed by atoms with van der Waals surface area (Å²) in [5, 5.41) is 0. The van der Waals surface area contributed by atoms with E-state index < -0.39 is 22.1 Å². The van der Waals surface area contributed by atoms with Gasteiger partial charge >= 0.3 is 5.97 Å².